The number of hydrogen-bond acceptors (Lipinski definition) is 5. The summed E-state index contributed by atoms with van der Waals surface area (Å²) in [5.41, 5.74) is 0. The molecule has 0 aliphatic carbocycles. The summed E-state index contributed by atoms with van der Waals surface area (Å²) in [6.45, 7) is 0.750. The first kappa shape index (κ1) is 10.7. The van der Waals surface area contributed by atoms with E-state index in [0.717, 1.165) is 0 Å². The van der Waals surface area contributed by atoms with E-state index in [0.29, 0.717) is 13.2 Å². The lowest BCUT2D eigenvalue weighted by Gasteiger charge is -2.22. The van der Waals surface area contributed by atoms with Crippen LogP contribution in [0.2, 0.25) is 0 Å². The van der Waals surface area contributed by atoms with E-state index in [2.05, 4.69) is 5.10 Å². The Balaban J connectivity index is 2.38. The van der Waals surface area contributed by atoms with Crippen molar-refractivity contribution in [3.63, 3.8) is 0 Å². The fraction of sp³-hybridized carbons (Fsp3) is 0.571. The third-order valence-corrected chi connectivity index (χ3v) is 3.44. The normalized spacial score (nSPS) is 20.8. The Morgan fingerprint density at radius 1 is 1.73 bits per heavy atom. The molecule has 0 bridgehead atoms. The van der Waals surface area contributed by atoms with Crippen LogP contribution < -0.4 is 4.74 Å². The van der Waals surface area contributed by atoms with Gasteiger partial charge in [0.1, 0.15) is 12.7 Å². The largest absolute Gasteiger partial charge is 0.474 e. The average molecular weight is 253 g/mol. The first-order valence-corrected chi connectivity index (χ1v) is 6.49. The van der Waals surface area contributed by atoms with Crippen LogP contribution in [0.15, 0.2) is 11.1 Å². The molecule has 0 N–H and O–H groups in total. The van der Waals surface area contributed by atoms with Crippen LogP contribution >= 0.6 is 10.7 Å². The summed E-state index contributed by atoms with van der Waals surface area (Å²) in [6.07, 6.45) is 1.05. The Hall–Kier alpha value is -0.790. The van der Waals surface area contributed by atoms with Crippen molar-refractivity contribution in [2.75, 3.05) is 13.7 Å². The van der Waals surface area contributed by atoms with Crippen LogP contribution in [0, 0.1) is 0 Å². The van der Waals surface area contributed by atoms with Gasteiger partial charge in [-0.05, 0) is 0 Å². The van der Waals surface area contributed by atoms with Crippen LogP contribution in [0.3, 0.4) is 0 Å². The van der Waals surface area contributed by atoms with Gasteiger partial charge in [-0.1, -0.05) is 0 Å². The number of hydrogen-bond donors (Lipinski definition) is 0. The smallest absolute Gasteiger partial charge is 0.268 e. The zero-order valence-corrected chi connectivity index (χ0v) is 9.45. The molecule has 0 saturated heterocycles. The molecule has 0 amide bonds. The van der Waals surface area contributed by atoms with Crippen LogP contribution in [-0.2, 0) is 20.3 Å². The van der Waals surface area contributed by atoms with E-state index in [1.54, 1.807) is 7.11 Å². The summed E-state index contributed by atoms with van der Waals surface area (Å²) in [4.78, 5) is -0.0984. The molecule has 84 valence electrons. The third-order valence-electron chi connectivity index (χ3n) is 2.14. The highest BCUT2D eigenvalue weighted by atomic mass is 35.7. The molecule has 0 saturated carbocycles. The van der Waals surface area contributed by atoms with E-state index in [-0.39, 0.29) is 16.9 Å². The molecule has 1 aromatic heterocycles. The highest BCUT2D eigenvalue weighted by Gasteiger charge is 2.28. The summed E-state index contributed by atoms with van der Waals surface area (Å²) in [6, 6.07) is 0. The Bertz CT molecular complexity index is 469. The van der Waals surface area contributed by atoms with E-state index in [1.165, 1.54) is 10.9 Å². The molecule has 0 radical (unpaired) electrons. The Morgan fingerprint density at radius 3 is 3.07 bits per heavy atom. The minimum absolute atomic E-state index is 0.0984. The van der Waals surface area contributed by atoms with E-state index >= 15 is 0 Å². The molecule has 2 rings (SSSR count). The Morgan fingerprint density at radius 2 is 2.47 bits per heavy atom. The van der Waals surface area contributed by atoms with Crippen molar-refractivity contribution in [1.29, 1.82) is 0 Å². The topological polar surface area (TPSA) is 70.4 Å². The van der Waals surface area contributed by atoms with Gasteiger partial charge in [-0.15, -0.1) is 0 Å². The van der Waals surface area contributed by atoms with Gasteiger partial charge in [-0.2, -0.15) is 5.10 Å². The van der Waals surface area contributed by atoms with Gasteiger partial charge < -0.3 is 9.47 Å². The maximum Gasteiger partial charge on any atom is 0.268 e. The molecule has 1 aliphatic rings. The molecule has 0 aromatic carbocycles. The van der Waals surface area contributed by atoms with Gasteiger partial charge in [-0.25, -0.2) is 13.1 Å². The van der Waals surface area contributed by atoms with E-state index in [9.17, 15) is 8.42 Å². The van der Waals surface area contributed by atoms with Crippen LogP contribution in [0.25, 0.3) is 0 Å². The van der Waals surface area contributed by atoms with Gasteiger partial charge in [-0.3, -0.25) is 0 Å². The number of methoxy groups -OCH3 is 1. The van der Waals surface area contributed by atoms with Crippen LogP contribution in [-0.4, -0.2) is 38.0 Å². The van der Waals surface area contributed by atoms with E-state index in [1.807, 2.05) is 0 Å². The number of aromatic nitrogens is 2. The molecule has 1 aromatic rings. The molecule has 0 unspecified atom stereocenters. The molecule has 1 atom stereocenters. The van der Waals surface area contributed by atoms with Crippen molar-refractivity contribution in [3.8, 4) is 5.88 Å². The SMILES string of the molecule is CO[C@H]1COc2c(S(=O)(=O)Cl)cnn2C1. The molecule has 1 aliphatic heterocycles. The van der Waals surface area contributed by atoms with Gasteiger partial charge >= 0.3 is 0 Å². The number of ether oxygens (including phenoxy) is 2. The maximum absolute atomic E-state index is 11.1. The van der Waals surface area contributed by atoms with E-state index < -0.39 is 9.05 Å². The Labute approximate surface area is 91.2 Å². The quantitative estimate of drug-likeness (QED) is 0.704. The van der Waals surface area contributed by atoms with Crippen LogP contribution in [0.1, 0.15) is 0 Å². The number of nitrogens with zero attached hydrogens (tertiary/aromatic N) is 2. The van der Waals surface area contributed by atoms with Gasteiger partial charge in [0.25, 0.3) is 9.05 Å². The van der Waals surface area contributed by atoms with Crippen molar-refractivity contribution >= 4 is 19.7 Å². The van der Waals surface area contributed by atoms with Crippen LogP contribution in [0.4, 0.5) is 0 Å². The number of halogens is 1. The lowest BCUT2D eigenvalue weighted by molar-refractivity contribution is 0.0165. The van der Waals surface area contributed by atoms with Crippen molar-refractivity contribution < 1.29 is 17.9 Å². The second-order valence-corrected chi connectivity index (χ2v) is 5.64. The summed E-state index contributed by atoms with van der Waals surface area (Å²) >= 11 is 0. The molecular formula is C7H9ClN2O4S. The molecule has 2 heterocycles. The average Bonchev–Trinajstić information content (AvgIpc) is 2.59. The van der Waals surface area contributed by atoms with Gasteiger partial charge in [0.05, 0.1) is 12.7 Å². The minimum Gasteiger partial charge on any atom is -0.474 e. The molecule has 8 heteroatoms. The lowest BCUT2D eigenvalue weighted by atomic mass is 10.3. The van der Waals surface area contributed by atoms with Crippen molar-refractivity contribution in [3.05, 3.63) is 6.20 Å². The Kier molecular flexibility index (Phi) is 2.61. The van der Waals surface area contributed by atoms with Crippen molar-refractivity contribution in [2.45, 2.75) is 17.5 Å². The zero-order valence-electron chi connectivity index (χ0n) is 7.88. The zero-order chi connectivity index (χ0) is 11.1. The molecule has 0 fully saturated rings. The van der Waals surface area contributed by atoms with Crippen molar-refractivity contribution in [2.24, 2.45) is 0 Å². The van der Waals surface area contributed by atoms with Crippen molar-refractivity contribution in [1.82, 2.24) is 9.78 Å². The number of rotatable bonds is 2. The van der Waals surface area contributed by atoms with Gasteiger partial charge in [0, 0.05) is 17.8 Å². The van der Waals surface area contributed by atoms with Crippen LogP contribution in [0.5, 0.6) is 5.88 Å². The minimum atomic E-state index is -3.80. The highest BCUT2D eigenvalue weighted by molar-refractivity contribution is 8.13. The first-order valence-electron chi connectivity index (χ1n) is 4.18. The van der Waals surface area contributed by atoms with Gasteiger partial charge in [0.15, 0.2) is 4.90 Å². The van der Waals surface area contributed by atoms with Gasteiger partial charge in [0.2, 0.25) is 5.88 Å². The molecule has 0 spiro atoms. The first-order chi connectivity index (χ1) is 7.02. The fourth-order valence-electron chi connectivity index (χ4n) is 1.36. The maximum atomic E-state index is 11.1. The summed E-state index contributed by atoms with van der Waals surface area (Å²) < 4.78 is 34.0. The predicted octanol–water partition coefficient (Wildman–Crippen LogP) is 0.218. The lowest BCUT2D eigenvalue weighted by Crippen LogP contribution is -2.32. The second kappa shape index (κ2) is 3.66. The number of fused-ring (bicyclic) bond motifs is 1. The summed E-state index contributed by atoms with van der Waals surface area (Å²) in [5, 5.41) is 3.87. The monoisotopic (exact) mass is 252 g/mol. The molecule has 6 nitrogen and oxygen atoms in total. The summed E-state index contributed by atoms with van der Waals surface area (Å²) in [5.74, 6) is 0.179. The standard InChI is InChI=1S/C7H9ClN2O4S/c1-13-5-3-10-7(14-4-5)6(2-9-10)15(8,11)12/h2,5H,3-4H2,1H3/t5-/m1/s1. The second-order valence-electron chi connectivity index (χ2n) is 3.10. The van der Waals surface area contributed by atoms with E-state index in [4.69, 9.17) is 20.2 Å². The fourth-order valence-corrected chi connectivity index (χ4v) is 2.22. The third kappa shape index (κ3) is 1.95. The molecular weight excluding hydrogens is 244 g/mol. The molecule has 15 heavy (non-hydrogen) atoms. The highest BCUT2D eigenvalue weighted by Crippen LogP contribution is 2.29. The summed E-state index contributed by atoms with van der Waals surface area (Å²) in [7, 11) is 2.97. The predicted molar refractivity (Wildman–Crippen MR) is 51.6 cm³/mol.